The summed E-state index contributed by atoms with van der Waals surface area (Å²) in [4.78, 5) is 23.1. The number of esters is 2. The topological polar surface area (TPSA) is 52.6 Å². The van der Waals surface area contributed by atoms with E-state index >= 15 is 0 Å². The number of fused-ring (bicyclic) bond motifs is 2. The van der Waals surface area contributed by atoms with E-state index in [-0.39, 0.29) is 17.9 Å². The fourth-order valence-electron chi connectivity index (χ4n) is 3.35. The summed E-state index contributed by atoms with van der Waals surface area (Å²) in [6, 6.07) is 0. The normalized spacial score (nSPS) is 34.7. The highest BCUT2D eigenvalue weighted by atomic mass is 16.6. The van der Waals surface area contributed by atoms with Crippen LogP contribution < -0.4 is 0 Å². The third-order valence-corrected chi connectivity index (χ3v) is 4.19. The van der Waals surface area contributed by atoms with Crippen molar-refractivity contribution in [3.05, 3.63) is 0 Å². The first-order chi connectivity index (χ1) is 9.47. The third kappa shape index (κ3) is 3.74. The lowest BCUT2D eigenvalue weighted by Gasteiger charge is -2.21. The summed E-state index contributed by atoms with van der Waals surface area (Å²) in [5.41, 5.74) is 0. The molecule has 2 aliphatic carbocycles. The Balaban J connectivity index is 0.000000328. The predicted octanol–water partition coefficient (Wildman–Crippen LogP) is 2.94. The van der Waals surface area contributed by atoms with Crippen molar-refractivity contribution in [1.82, 2.24) is 0 Å². The molecule has 1 heterocycles. The lowest BCUT2D eigenvalue weighted by atomic mass is 9.89. The molecule has 0 radical (unpaired) electrons. The summed E-state index contributed by atoms with van der Waals surface area (Å²) in [6.07, 6.45) is 4.44. The SMILES string of the molecule is CC(C)C.O=C1OCCC1OC(=O)C1CC2CCC1C2. The molecule has 3 aliphatic rings. The summed E-state index contributed by atoms with van der Waals surface area (Å²) < 4.78 is 10.0. The Bertz CT molecular complexity index is 361. The lowest BCUT2D eigenvalue weighted by molar-refractivity contribution is -0.164. The molecule has 4 heteroatoms. The van der Waals surface area contributed by atoms with E-state index in [1.165, 1.54) is 12.8 Å². The van der Waals surface area contributed by atoms with E-state index in [2.05, 4.69) is 20.8 Å². The van der Waals surface area contributed by atoms with Gasteiger partial charge in [-0.25, -0.2) is 4.79 Å². The number of carbonyl (C=O) groups is 2. The van der Waals surface area contributed by atoms with Crippen LogP contribution in [0.3, 0.4) is 0 Å². The largest absolute Gasteiger partial charge is 0.463 e. The van der Waals surface area contributed by atoms with Crippen molar-refractivity contribution in [3.8, 4) is 0 Å². The minimum absolute atomic E-state index is 0.0483. The Morgan fingerprint density at radius 3 is 2.35 bits per heavy atom. The van der Waals surface area contributed by atoms with E-state index in [1.54, 1.807) is 0 Å². The van der Waals surface area contributed by atoms with Crippen LogP contribution in [-0.2, 0) is 19.1 Å². The smallest absolute Gasteiger partial charge is 0.347 e. The molecule has 0 amide bonds. The third-order valence-electron chi connectivity index (χ3n) is 4.19. The molecule has 1 saturated heterocycles. The molecule has 4 nitrogen and oxygen atoms in total. The second-order valence-corrected chi connectivity index (χ2v) is 6.90. The Kier molecular flexibility index (Phi) is 5.06. The molecule has 20 heavy (non-hydrogen) atoms. The molecule has 0 aromatic carbocycles. The van der Waals surface area contributed by atoms with Crippen molar-refractivity contribution in [1.29, 1.82) is 0 Å². The molecule has 1 aliphatic heterocycles. The van der Waals surface area contributed by atoms with Gasteiger partial charge in [-0.05, 0) is 37.0 Å². The number of rotatable bonds is 2. The zero-order valence-electron chi connectivity index (χ0n) is 12.8. The highest BCUT2D eigenvalue weighted by Gasteiger charge is 2.45. The van der Waals surface area contributed by atoms with Crippen LogP contribution in [0.1, 0.15) is 52.9 Å². The van der Waals surface area contributed by atoms with Crippen LogP contribution in [0.25, 0.3) is 0 Å². The van der Waals surface area contributed by atoms with Gasteiger partial charge in [-0.3, -0.25) is 4.79 Å². The molecule has 3 fully saturated rings. The summed E-state index contributed by atoms with van der Waals surface area (Å²) in [7, 11) is 0. The molecule has 0 aromatic rings. The molecule has 2 saturated carbocycles. The lowest BCUT2D eigenvalue weighted by Crippen LogP contribution is -2.29. The first-order valence-corrected chi connectivity index (χ1v) is 7.84. The van der Waals surface area contributed by atoms with E-state index in [0.29, 0.717) is 18.9 Å². The van der Waals surface area contributed by atoms with Crippen molar-refractivity contribution < 1.29 is 19.1 Å². The zero-order chi connectivity index (χ0) is 14.7. The van der Waals surface area contributed by atoms with Crippen molar-refractivity contribution in [3.63, 3.8) is 0 Å². The van der Waals surface area contributed by atoms with Crippen LogP contribution in [0.15, 0.2) is 0 Å². The minimum Gasteiger partial charge on any atom is -0.463 e. The molecule has 0 aromatic heterocycles. The van der Waals surface area contributed by atoms with Crippen LogP contribution in [-0.4, -0.2) is 24.6 Å². The summed E-state index contributed by atoms with van der Waals surface area (Å²) in [5.74, 6) is 1.56. The first kappa shape index (κ1) is 15.3. The van der Waals surface area contributed by atoms with Crippen molar-refractivity contribution in [2.24, 2.45) is 23.7 Å². The van der Waals surface area contributed by atoms with Gasteiger partial charge >= 0.3 is 11.9 Å². The van der Waals surface area contributed by atoms with E-state index in [9.17, 15) is 9.59 Å². The van der Waals surface area contributed by atoms with E-state index in [0.717, 1.165) is 24.7 Å². The van der Waals surface area contributed by atoms with Gasteiger partial charge in [-0.2, -0.15) is 0 Å². The molecule has 0 spiro atoms. The maximum atomic E-state index is 11.9. The molecule has 3 rings (SSSR count). The van der Waals surface area contributed by atoms with Crippen LogP contribution in [0.2, 0.25) is 0 Å². The molecule has 4 atom stereocenters. The summed E-state index contributed by atoms with van der Waals surface area (Å²) in [6.45, 7) is 6.88. The minimum atomic E-state index is -0.633. The zero-order valence-corrected chi connectivity index (χ0v) is 12.8. The summed E-state index contributed by atoms with van der Waals surface area (Å²) in [5, 5.41) is 0. The van der Waals surface area contributed by atoms with E-state index < -0.39 is 6.10 Å². The number of carbonyl (C=O) groups excluding carboxylic acids is 2. The van der Waals surface area contributed by atoms with Gasteiger partial charge in [0.05, 0.1) is 12.5 Å². The van der Waals surface area contributed by atoms with Crippen molar-refractivity contribution in [2.45, 2.75) is 59.0 Å². The van der Waals surface area contributed by atoms with Gasteiger partial charge < -0.3 is 9.47 Å². The van der Waals surface area contributed by atoms with E-state index in [1.807, 2.05) is 0 Å². The number of ether oxygens (including phenoxy) is 2. The Labute approximate surface area is 121 Å². The fourth-order valence-corrected chi connectivity index (χ4v) is 3.35. The van der Waals surface area contributed by atoms with Crippen molar-refractivity contribution >= 4 is 11.9 Å². The monoisotopic (exact) mass is 282 g/mol. The quantitative estimate of drug-likeness (QED) is 0.731. The fraction of sp³-hybridized carbons (Fsp3) is 0.875. The molecular weight excluding hydrogens is 256 g/mol. The molecule has 4 unspecified atom stereocenters. The molecule has 2 bridgehead atoms. The van der Waals surface area contributed by atoms with Gasteiger partial charge in [0.15, 0.2) is 0 Å². The number of cyclic esters (lactones) is 1. The number of hydrogen-bond donors (Lipinski definition) is 0. The first-order valence-electron chi connectivity index (χ1n) is 7.84. The van der Waals surface area contributed by atoms with Gasteiger partial charge in [0.2, 0.25) is 6.10 Å². The Morgan fingerprint density at radius 2 is 1.90 bits per heavy atom. The van der Waals surface area contributed by atoms with Crippen LogP contribution >= 0.6 is 0 Å². The van der Waals surface area contributed by atoms with Crippen LogP contribution in [0.5, 0.6) is 0 Å². The standard InChI is InChI=1S/C12H16O4.C4H10/c13-11(16-10-3-4-15-12(10)14)9-6-7-1-2-8(9)5-7;1-4(2)3/h7-10H,1-6H2;4H,1-3H3. The highest BCUT2D eigenvalue weighted by molar-refractivity contribution is 5.81. The average molecular weight is 282 g/mol. The average Bonchev–Trinajstić information content (AvgIpc) is 3.06. The van der Waals surface area contributed by atoms with Gasteiger partial charge in [0.1, 0.15) is 0 Å². The van der Waals surface area contributed by atoms with Crippen LogP contribution in [0.4, 0.5) is 0 Å². The van der Waals surface area contributed by atoms with Gasteiger partial charge in [-0.1, -0.05) is 27.2 Å². The maximum absolute atomic E-state index is 11.9. The Hall–Kier alpha value is -1.06. The number of hydrogen-bond acceptors (Lipinski definition) is 4. The van der Waals surface area contributed by atoms with Crippen molar-refractivity contribution in [2.75, 3.05) is 6.61 Å². The van der Waals surface area contributed by atoms with Gasteiger partial charge in [-0.15, -0.1) is 0 Å². The van der Waals surface area contributed by atoms with Gasteiger partial charge in [0.25, 0.3) is 0 Å². The summed E-state index contributed by atoms with van der Waals surface area (Å²) >= 11 is 0. The maximum Gasteiger partial charge on any atom is 0.347 e. The van der Waals surface area contributed by atoms with Crippen LogP contribution in [0, 0.1) is 23.7 Å². The van der Waals surface area contributed by atoms with E-state index in [4.69, 9.17) is 9.47 Å². The molecule has 114 valence electrons. The highest BCUT2D eigenvalue weighted by Crippen LogP contribution is 2.48. The Morgan fingerprint density at radius 1 is 1.20 bits per heavy atom. The molecule has 0 N–H and O–H groups in total. The second-order valence-electron chi connectivity index (χ2n) is 6.90. The van der Waals surface area contributed by atoms with Gasteiger partial charge in [0, 0.05) is 6.42 Å². The molecular formula is C16H26O4. The predicted molar refractivity (Wildman–Crippen MR) is 74.9 cm³/mol. The second kappa shape index (κ2) is 6.59.